The molecule has 1 aromatic rings. The molecule has 1 unspecified atom stereocenters. The van der Waals surface area contributed by atoms with E-state index < -0.39 is 6.09 Å². The van der Waals surface area contributed by atoms with Gasteiger partial charge in [-0.3, -0.25) is 4.90 Å². The second-order valence-corrected chi connectivity index (χ2v) is 9.42. The third-order valence-electron chi connectivity index (χ3n) is 7.25. The van der Waals surface area contributed by atoms with E-state index in [4.69, 9.17) is 0 Å². The number of nitrogens with zero attached hydrogens (tertiary/aromatic N) is 2. The van der Waals surface area contributed by atoms with E-state index in [0.717, 1.165) is 49.8 Å². The standard InChI is InChI=1S/C20H25BrN2O2/c21-15-2-1-13-3-6-20(7-8-20)18(16(13)11-15)23(19(24)25)17-12-22-9-4-14(17)5-10-22/h1-2,11,14,17-18H,3-10,12H2,(H,24,25)/t17?,18-/m1/s1. The van der Waals surface area contributed by atoms with Crippen LogP contribution in [-0.4, -0.2) is 46.7 Å². The van der Waals surface area contributed by atoms with Crippen LogP contribution in [0.25, 0.3) is 0 Å². The summed E-state index contributed by atoms with van der Waals surface area (Å²) in [6, 6.07) is 6.68. The lowest BCUT2D eigenvalue weighted by Gasteiger charge is -2.52. The topological polar surface area (TPSA) is 43.8 Å². The van der Waals surface area contributed by atoms with E-state index in [1.54, 1.807) is 0 Å². The summed E-state index contributed by atoms with van der Waals surface area (Å²) in [6.45, 7) is 3.21. The normalized spacial score (nSPS) is 34.6. The number of fused-ring (bicyclic) bond motifs is 4. The molecule has 2 atom stereocenters. The van der Waals surface area contributed by atoms with Crippen molar-refractivity contribution in [1.29, 1.82) is 0 Å². The summed E-state index contributed by atoms with van der Waals surface area (Å²) in [5.74, 6) is 0.537. The fraction of sp³-hybridized carbons (Fsp3) is 0.650. The van der Waals surface area contributed by atoms with Crippen molar-refractivity contribution < 1.29 is 9.90 Å². The molecular weight excluding hydrogens is 380 g/mol. The zero-order chi connectivity index (χ0) is 17.2. The molecule has 2 aliphatic carbocycles. The monoisotopic (exact) mass is 404 g/mol. The van der Waals surface area contributed by atoms with Crippen molar-refractivity contribution in [2.24, 2.45) is 11.3 Å². The maximum Gasteiger partial charge on any atom is 0.408 e. The predicted molar refractivity (Wildman–Crippen MR) is 99.7 cm³/mol. The van der Waals surface area contributed by atoms with Crippen molar-refractivity contribution in [3.63, 3.8) is 0 Å². The van der Waals surface area contributed by atoms with Gasteiger partial charge in [0, 0.05) is 11.0 Å². The van der Waals surface area contributed by atoms with Crippen LogP contribution in [0.3, 0.4) is 0 Å². The number of piperidine rings is 3. The maximum absolute atomic E-state index is 12.5. The number of carboxylic acid groups (broad SMARTS) is 1. The van der Waals surface area contributed by atoms with Crippen molar-refractivity contribution in [2.45, 2.75) is 50.6 Å². The summed E-state index contributed by atoms with van der Waals surface area (Å²) in [5.41, 5.74) is 2.80. The number of benzene rings is 1. The molecule has 4 fully saturated rings. The Morgan fingerprint density at radius 3 is 2.60 bits per heavy atom. The lowest BCUT2D eigenvalue weighted by molar-refractivity contribution is -0.0243. The average Bonchev–Trinajstić information content (AvgIpc) is 3.38. The van der Waals surface area contributed by atoms with Gasteiger partial charge in [0.2, 0.25) is 0 Å². The molecule has 5 heteroatoms. The van der Waals surface area contributed by atoms with Gasteiger partial charge in [-0.05, 0) is 86.2 Å². The van der Waals surface area contributed by atoms with E-state index in [-0.39, 0.29) is 17.5 Å². The second-order valence-electron chi connectivity index (χ2n) is 8.50. The Morgan fingerprint density at radius 1 is 1.24 bits per heavy atom. The van der Waals surface area contributed by atoms with Crippen molar-refractivity contribution in [3.05, 3.63) is 33.8 Å². The fourth-order valence-corrected chi connectivity index (χ4v) is 6.10. The van der Waals surface area contributed by atoms with E-state index in [2.05, 4.69) is 39.0 Å². The minimum Gasteiger partial charge on any atom is -0.465 e. The van der Waals surface area contributed by atoms with Crippen LogP contribution in [-0.2, 0) is 6.42 Å². The van der Waals surface area contributed by atoms with Crippen molar-refractivity contribution in [2.75, 3.05) is 19.6 Å². The number of hydrogen-bond donors (Lipinski definition) is 1. The fourth-order valence-electron chi connectivity index (χ4n) is 5.72. The highest BCUT2D eigenvalue weighted by Gasteiger charge is 2.57. The van der Waals surface area contributed by atoms with E-state index in [9.17, 15) is 9.90 Å². The summed E-state index contributed by atoms with van der Waals surface area (Å²) in [7, 11) is 0. The SMILES string of the molecule is O=C(O)N(C1CN2CCC1CC2)[C@@H]1c2cc(Br)ccc2CCC12CC2. The Balaban J connectivity index is 1.59. The van der Waals surface area contributed by atoms with Gasteiger partial charge in [0.15, 0.2) is 0 Å². The Kier molecular flexibility index (Phi) is 3.69. The van der Waals surface area contributed by atoms with E-state index in [1.807, 2.05) is 4.90 Å². The number of hydrogen-bond acceptors (Lipinski definition) is 2. The van der Waals surface area contributed by atoms with Gasteiger partial charge in [0.05, 0.1) is 12.1 Å². The minimum atomic E-state index is -0.720. The van der Waals surface area contributed by atoms with Crippen molar-refractivity contribution >= 4 is 22.0 Å². The van der Waals surface area contributed by atoms with Gasteiger partial charge in [-0.25, -0.2) is 4.79 Å². The molecule has 2 bridgehead atoms. The molecule has 5 aliphatic rings. The molecule has 3 aliphatic heterocycles. The molecule has 1 saturated carbocycles. The third-order valence-corrected chi connectivity index (χ3v) is 7.74. The van der Waals surface area contributed by atoms with E-state index >= 15 is 0 Å². The van der Waals surface area contributed by atoms with Gasteiger partial charge in [-0.1, -0.05) is 22.0 Å². The van der Waals surface area contributed by atoms with Gasteiger partial charge in [-0.15, -0.1) is 0 Å². The quantitative estimate of drug-likeness (QED) is 0.799. The summed E-state index contributed by atoms with van der Waals surface area (Å²) < 4.78 is 1.06. The van der Waals surface area contributed by atoms with Gasteiger partial charge < -0.3 is 10.0 Å². The molecule has 1 spiro atoms. The van der Waals surface area contributed by atoms with Crippen LogP contribution < -0.4 is 0 Å². The molecular formula is C20H25BrN2O2. The first-order valence-electron chi connectivity index (χ1n) is 9.59. The number of aryl methyl sites for hydroxylation is 1. The van der Waals surface area contributed by atoms with Gasteiger partial charge in [0.1, 0.15) is 0 Å². The first-order valence-corrected chi connectivity index (χ1v) is 10.4. The molecule has 3 heterocycles. The highest BCUT2D eigenvalue weighted by atomic mass is 79.9. The molecule has 3 saturated heterocycles. The van der Waals surface area contributed by atoms with Crippen LogP contribution in [0, 0.1) is 11.3 Å². The first kappa shape index (κ1) is 16.1. The van der Waals surface area contributed by atoms with Crippen LogP contribution in [0.4, 0.5) is 4.79 Å². The number of carbonyl (C=O) groups is 1. The van der Waals surface area contributed by atoms with Gasteiger partial charge >= 0.3 is 6.09 Å². The van der Waals surface area contributed by atoms with Crippen LogP contribution in [0.15, 0.2) is 22.7 Å². The highest BCUT2D eigenvalue weighted by molar-refractivity contribution is 9.10. The molecule has 1 amide bonds. The number of halogens is 1. The number of rotatable bonds is 2. The van der Waals surface area contributed by atoms with Gasteiger partial charge in [-0.2, -0.15) is 0 Å². The Labute approximate surface area is 157 Å². The molecule has 6 rings (SSSR count). The van der Waals surface area contributed by atoms with Crippen LogP contribution >= 0.6 is 15.9 Å². The summed E-state index contributed by atoms with van der Waals surface area (Å²) in [5, 5.41) is 10.3. The number of amides is 1. The van der Waals surface area contributed by atoms with Crippen molar-refractivity contribution in [1.82, 2.24) is 9.80 Å². The summed E-state index contributed by atoms with van der Waals surface area (Å²) >= 11 is 3.62. The van der Waals surface area contributed by atoms with Crippen LogP contribution in [0.5, 0.6) is 0 Å². The average molecular weight is 405 g/mol. The zero-order valence-corrected chi connectivity index (χ0v) is 16.0. The third kappa shape index (κ3) is 2.54. The van der Waals surface area contributed by atoms with Crippen LogP contribution in [0.1, 0.15) is 49.3 Å². The predicted octanol–water partition coefficient (Wildman–Crippen LogP) is 4.29. The largest absolute Gasteiger partial charge is 0.465 e. The molecule has 1 aromatic carbocycles. The lowest BCUT2D eigenvalue weighted by atomic mass is 9.74. The smallest absolute Gasteiger partial charge is 0.408 e. The Bertz CT molecular complexity index is 710. The molecule has 25 heavy (non-hydrogen) atoms. The van der Waals surface area contributed by atoms with E-state index in [0.29, 0.717) is 5.92 Å². The van der Waals surface area contributed by atoms with Crippen LogP contribution in [0.2, 0.25) is 0 Å². The molecule has 4 nitrogen and oxygen atoms in total. The van der Waals surface area contributed by atoms with Crippen molar-refractivity contribution in [3.8, 4) is 0 Å². The van der Waals surface area contributed by atoms with E-state index in [1.165, 1.54) is 24.0 Å². The zero-order valence-electron chi connectivity index (χ0n) is 14.5. The second kappa shape index (κ2) is 5.71. The lowest BCUT2D eigenvalue weighted by Crippen LogP contribution is -2.60. The highest BCUT2D eigenvalue weighted by Crippen LogP contribution is 2.63. The first-order chi connectivity index (χ1) is 12.1. The Morgan fingerprint density at radius 2 is 2.00 bits per heavy atom. The molecule has 0 aromatic heterocycles. The molecule has 0 radical (unpaired) electrons. The van der Waals surface area contributed by atoms with Gasteiger partial charge in [0.25, 0.3) is 0 Å². The maximum atomic E-state index is 12.5. The molecule has 1 N–H and O–H groups in total. The Hall–Kier alpha value is -1.07. The molecule has 134 valence electrons. The minimum absolute atomic E-state index is 0.0387. The summed E-state index contributed by atoms with van der Waals surface area (Å²) in [4.78, 5) is 16.8. The summed E-state index contributed by atoms with van der Waals surface area (Å²) in [6.07, 6.45) is 6.16.